The molecule has 0 saturated heterocycles. The quantitative estimate of drug-likeness (QED) is 0.807. The topological polar surface area (TPSA) is 55.5 Å². The summed E-state index contributed by atoms with van der Waals surface area (Å²) in [5, 5.41) is 8.98. The molecule has 1 rings (SSSR count). The summed E-state index contributed by atoms with van der Waals surface area (Å²) in [6.45, 7) is 0. The second-order valence-electron chi connectivity index (χ2n) is 3.37. The van der Waals surface area contributed by atoms with Crippen molar-refractivity contribution in [2.75, 3.05) is 7.11 Å². The van der Waals surface area contributed by atoms with E-state index in [4.69, 9.17) is 15.6 Å². The smallest absolute Gasteiger partial charge is 0.416 e. The van der Waals surface area contributed by atoms with Crippen molar-refractivity contribution < 1.29 is 27.4 Å². The first-order chi connectivity index (χ1) is 7.79. The van der Waals surface area contributed by atoms with E-state index in [1.807, 2.05) is 0 Å². The van der Waals surface area contributed by atoms with Gasteiger partial charge in [-0.15, -0.1) is 0 Å². The Bertz CT molecular complexity index is 394. The molecule has 0 amide bonds. The van der Waals surface area contributed by atoms with Gasteiger partial charge in [0.1, 0.15) is 11.6 Å². The summed E-state index contributed by atoms with van der Waals surface area (Å²) in [4.78, 5) is 0. The van der Waals surface area contributed by atoms with Gasteiger partial charge in [0.15, 0.2) is 6.10 Å². The Hall–Kier alpha value is -1.34. The molecule has 2 atom stereocenters. The summed E-state index contributed by atoms with van der Waals surface area (Å²) in [5.41, 5.74) is 4.71. The number of benzene rings is 1. The van der Waals surface area contributed by atoms with Gasteiger partial charge >= 0.3 is 6.18 Å². The summed E-state index contributed by atoms with van der Waals surface area (Å²) in [6, 6.07) is 1.54. The average molecular weight is 253 g/mol. The van der Waals surface area contributed by atoms with Crippen LogP contribution in [0.1, 0.15) is 11.6 Å². The molecule has 0 unspecified atom stereocenters. The van der Waals surface area contributed by atoms with E-state index >= 15 is 0 Å². The Morgan fingerprint density at radius 2 is 1.94 bits per heavy atom. The summed E-state index contributed by atoms with van der Waals surface area (Å²) >= 11 is 0. The number of aliphatic hydroxyl groups is 1. The lowest BCUT2D eigenvalue weighted by atomic mass is 10.0. The number of aliphatic hydroxyl groups excluding tert-OH is 1. The molecule has 0 aliphatic rings. The van der Waals surface area contributed by atoms with E-state index in [1.165, 1.54) is 19.2 Å². The van der Waals surface area contributed by atoms with Crippen LogP contribution in [0.4, 0.5) is 17.6 Å². The van der Waals surface area contributed by atoms with Crippen LogP contribution in [0.2, 0.25) is 0 Å². The van der Waals surface area contributed by atoms with Gasteiger partial charge in [-0.25, -0.2) is 4.39 Å². The lowest BCUT2D eigenvalue weighted by molar-refractivity contribution is -0.210. The molecule has 7 heteroatoms. The minimum absolute atomic E-state index is 0.138. The SMILES string of the molecule is COc1cccc(F)c1[C@@H](N)[C@@H](O)C(F)(F)F. The van der Waals surface area contributed by atoms with E-state index in [9.17, 15) is 17.6 Å². The van der Waals surface area contributed by atoms with Crippen LogP contribution in [0.3, 0.4) is 0 Å². The van der Waals surface area contributed by atoms with Gasteiger partial charge < -0.3 is 15.6 Å². The van der Waals surface area contributed by atoms with Gasteiger partial charge in [-0.2, -0.15) is 13.2 Å². The zero-order valence-corrected chi connectivity index (χ0v) is 8.83. The van der Waals surface area contributed by atoms with Crippen molar-refractivity contribution in [1.29, 1.82) is 0 Å². The first kappa shape index (κ1) is 13.7. The molecule has 0 bridgehead atoms. The number of ether oxygens (including phenoxy) is 1. The van der Waals surface area contributed by atoms with E-state index < -0.39 is 29.7 Å². The highest BCUT2D eigenvalue weighted by atomic mass is 19.4. The summed E-state index contributed by atoms with van der Waals surface area (Å²) in [6.07, 6.45) is -7.78. The van der Waals surface area contributed by atoms with Gasteiger partial charge in [-0.3, -0.25) is 0 Å². The van der Waals surface area contributed by atoms with Crippen LogP contribution in [0.5, 0.6) is 5.75 Å². The van der Waals surface area contributed by atoms with Crippen LogP contribution in [0, 0.1) is 5.82 Å². The van der Waals surface area contributed by atoms with Crippen LogP contribution in [-0.2, 0) is 0 Å². The van der Waals surface area contributed by atoms with Gasteiger partial charge in [0.2, 0.25) is 0 Å². The van der Waals surface area contributed by atoms with Gasteiger partial charge in [0, 0.05) is 5.56 Å². The Kier molecular flexibility index (Phi) is 3.94. The molecule has 17 heavy (non-hydrogen) atoms. The predicted octanol–water partition coefficient (Wildman–Crippen LogP) is 1.76. The number of nitrogens with two attached hydrogens (primary N) is 1. The van der Waals surface area contributed by atoms with E-state index in [2.05, 4.69) is 0 Å². The number of halogens is 4. The van der Waals surface area contributed by atoms with E-state index in [1.54, 1.807) is 0 Å². The largest absolute Gasteiger partial charge is 0.496 e. The summed E-state index contributed by atoms with van der Waals surface area (Å²) < 4.78 is 54.9. The van der Waals surface area contributed by atoms with Crippen molar-refractivity contribution in [3.8, 4) is 5.75 Å². The molecule has 0 radical (unpaired) electrons. The fourth-order valence-electron chi connectivity index (χ4n) is 1.38. The maximum atomic E-state index is 13.4. The molecule has 0 aliphatic heterocycles. The fraction of sp³-hybridized carbons (Fsp3) is 0.400. The highest BCUT2D eigenvalue weighted by Crippen LogP contribution is 2.34. The van der Waals surface area contributed by atoms with Crippen molar-refractivity contribution in [3.05, 3.63) is 29.6 Å². The Balaban J connectivity index is 3.16. The highest BCUT2D eigenvalue weighted by Gasteiger charge is 2.44. The Morgan fingerprint density at radius 3 is 2.41 bits per heavy atom. The normalized spacial score (nSPS) is 15.5. The van der Waals surface area contributed by atoms with Crippen LogP contribution in [0.25, 0.3) is 0 Å². The van der Waals surface area contributed by atoms with Crippen molar-refractivity contribution >= 4 is 0 Å². The molecule has 0 heterocycles. The standard InChI is InChI=1S/C10H11F4NO2/c1-17-6-4-2-3-5(11)7(6)8(15)9(16)10(12,13)14/h2-4,8-9,16H,15H2,1H3/t8-,9-/m1/s1. The molecular weight excluding hydrogens is 242 g/mol. The molecule has 3 N–H and O–H groups in total. The monoisotopic (exact) mass is 253 g/mol. The lowest BCUT2D eigenvalue weighted by Gasteiger charge is -2.23. The van der Waals surface area contributed by atoms with E-state index in [0.29, 0.717) is 0 Å². The minimum Gasteiger partial charge on any atom is -0.496 e. The third-order valence-electron chi connectivity index (χ3n) is 2.24. The second-order valence-corrected chi connectivity index (χ2v) is 3.37. The van der Waals surface area contributed by atoms with Gasteiger partial charge in [-0.05, 0) is 12.1 Å². The molecular formula is C10H11F4NO2. The molecule has 0 aliphatic carbocycles. The number of rotatable bonds is 3. The first-order valence-electron chi connectivity index (χ1n) is 4.61. The predicted molar refractivity (Wildman–Crippen MR) is 51.9 cm³/mol. The molecule has 0 fully saturated rings. The zero-order valence-electron chi connectivity index (χ0n) is 8.83. The van der Waals surface area contributed by atoms with Crippen LogP contribution in [0.15, 0.2) is 18.2 Å². The third kappa shape index (κ3) is 2.86. The number of hydrogen-bond acceptors (Lipinski definition) is 3. The van der Waals surface area contributed by atoms with E-state index in [-0.39, 0.29) is 5.75 Å². The van der Waals surface area contributed by atoms with Gasteiger partial charge in [0.25, 0.3) is 0 Å². The molecule has 0 aromatic heterocycles. The minimum atomic E-state index is -4.92. The van der Waals surface area contributed by atoms with Crippen molar-refractivity contribution in [3.63, 3.8) is 0 Å². The van der Waals surface area contributed by atoms with Gasteiger partial charge in [0.05, 0.1) is 13.2 Å². The van der Waals surface area contributed by atoms with Gasteiger partial charge in [-0.1, -0.05) is 6.07 Å². The summed E-state index contributed by atoms with van der Waals surface area (Å²) in [5.74, 6) is -1.10. The highest BCUT2D eigenvalue weighted by molar-refractivity contribution is 5.37. The zero-order chi connectivity index (χ0) is 13.2. The average Bonchev–Trinajstić information content (AvgIpc) is 2.25. The molecule has 0 saturated carbocycles. The fourth-order valence-corrected chi connectivity index (χ4v) is 1.38. The first-order valence-corrected chi connectivity index (χ1v) is 4.61. The Morgan fingerprint density at radius 1 is 1.35 bits per heavy atom. The number of alkyl halides is 3. The molecule has 96 valence electrons. The van der Waals surface area contributed by atoms with E-state index in [0.717, 1.165) is 6.07 Å². The lowest BCUT2D eigenvalue weighted by Crippen LogP contribution is -2.39. The van der Waals surface area contributed by atoms with Crippen molar-refractivity contribution in [1.82, 2.24) is 0 Å². The molecule has 1 aromatic carbocycles. The maximum absolute atomic E-state index is 13.4. The van der Waals surface area contributed by atoms with Crippen LogP contribution < -0.4 is 10.5 Å². The number of hydrogen-bond donors (Lipinski definition) is 2. The molecule has 3 nitrogen and oxygen atoms in total. The molecule has 0 spiro atoms. The summed E-state index contributed by atoms with van der Waals surface area (Å²) in [7, 11) is 1.17. The number of methoxy groups -OCH3 is 1. The van der Waals surface area contributed by atoms with Crippen molar-refractivity contribution in [2.45, 2.75) is 18.3 Å². The third-order valence-corrected chi connectivity index (χ3v) is 2.24. The van der Waals surface area contributed by atoms with Crippen molar-refractivity contribution in [2.24, 2.45) is 5.73 Å². The molecule has 1 aromatic rings. The Labute approximate surface area is 94.8 Å². The second kappa shape index (κ2) is 4.89. The van der Waals surface area contributed by atoms with Crippen LogP contribution in [-0.4, -0.2) is 24.5 Å². The maximum Gasteiger partial charge on any atom is 0.416 e. The van der Waals surface area contributed by atoms with Crippen LogP contribution >= 0.6 is 0 Å².